The van der Waals surface area contributed by atoms with Crippen molar-refractivity contribution in [1.29, 1.82) is 0 Å². The van der Waals surface area contributed by atoms with Gasteiger partial charge in [-0.3, -0.25) is 4.79 Å². The van der Waals surface area contributed by atoms with Crippen molar-refractivity contribution < 1.29 is 14.3 Å². The second kappa shape index (κ2) is 7.26. The molecule has 0 fully saturated rings. The molecule has 5 heteroatoms. The first-order valence-electron chi connectivity index (χ1n) is 6.77. The quantitative estimate of drug-likeness (QED) is 0.682. The van der Waals surface area contributed by atoms with Gasteiger partial charge in [0, 0.05) is 11.1 Å². The summed E-state index contributed by atoms with van der Waals surface area (Å²) in [7, 11) is 3.16. The predicted octanol–water partition coefficient (Wildman–Crippen LogP) is 2.86. The van der Waals surface area contributed by atoms with Gasteiger partial charge in [-0.1, -0.05) is 18.2 Å². The standard InChI is InChI=1S/C17H18N2O3/c1-12(13-6-4-8-15(10-13)21-2)18-19-17(20)14-7-5-9-16(11-14)22-3/h4-11H,1-3H3,(H,19,20)/b18-12+. The summed E-state index contributed by atoms with van der Waals surface area (Å²) in [5.74, 6) is 1.08. The Kier molecular flexibility index (Phi) is 5.14. The molecule has 114 valence electrons. The smallest absolute Gasteiger partial charge is 0.271 e. The number of amides is 1. The molecule has 0 spiro atoms. The Hall–Kier alpha value is -2.82. The van der Waals surface area contributed by atoms with Crippen molar-refractivity contribution in [2.24, 2.45) is 5.10 Å². The Morgan fingerprint density at radius 2 is 1.50 bits per heavy atom. The lowest BCUT2D eigenvalue weighted by atomic mass is 10.1. The second-order valence-electron chi connectivity index (χ2n) is 4.60. The number of ether oxygens (including phenoxy) is 2. The first-order chi connectivity index (χ1) is 10.6. The summed E-state index contributed by atoms with van der Waals surface area (Å²) < 4.78 is 10.3. The normalized spacial score (nSPS) is 11.0. The SMILES string of the molecule is COc1cccc(C(=O)N/N=C(\C)c2cccc(OC)c2)c1. The minimum atomic E-state index is -0.291. The maximum absolute atomic E-state index is 12.1. The van der Waals surface area contributed by atoms with Crippen molar-refractivity contribution in [2.45, 2.75) is 6.92 Å². The highest BCUT2D eigenvalue weighted by molar-refractivity contribution is 6.01. The van der Waals surface area contributed by atoms with Crippen LogP contribution in [0.25, 0.3) is 0 Å². The minimum Gasteiger partial charge on any atom is -0.497 e. The molecule has 2 aromatic rings. The van der Waals surface area contributed by atoms with Gasteiger partial charge >= 0.3 is 0 Å². The highest BCUT2D eigenvalue weighted by Gasteiger charge is 2.06. The predicted molar refractivity (Wildman–Crippen MR) is 85.7 cm³/mol. The van der Waals surface area contributed by atoms with Gasteiger partial charge in [-0.25, -0.2) is 5.43 Å². The first kappa shape index (κ1) is 15.6. The van der Waals surface area contributed by atoms with E-state index in [9.17, 15) is 4.79 Å². The van der Waals surface area contributed by atoms with Gasteiger partial charge in [0.05, 0.1) is 19.9 Å². The number of benzene rings is 2. The molecule has 0 saturated heterocycles. The molecule has 0 heterocycles. The summed E-state index contributed by atoms with van der Waals surface area (Å²) in [5, 5.41) is 4.12. The van der Waals surface area contributed by atoms with Crippen molar-refractivity contribution in [3.8, 4) is 11.5 Å². The molecule has 5 nitrogen and oxygen atoms in total. The van der Waals surface area contributed by atoms with Gasteiger partial charge in [-0.15, -0.1) is 0 Å². The monoisotopic (exact) mass is 298 g/mol. The summed E-state index contributed by atoms with van der Waals surface area (Å²) in [6.07, 6.45) is 0. The molecule has 0 atom stereocenters. The lowest BCUT2D eigenvalue weighted by Gasteiger charge is -2.06. The van der Waals surface area contributed by atoms with E-state index in [1.165, 1.54) is 0 Å². The van der Waals surface area contributed by atoms with Crippen LogP contribution >= 0.6 is 0 Å². The van der Waals surface area contributed by atoms with E-state index >= 15 is 0 Å². The fourth-order valence-corrected chi connectivity index (χ4v) is 1.88. The van der Waals surface area contributed by atoms with Gasteiger partial charge < -0.3 is 9.47 Å². The molecule has 0 aliphatic carbocycles. The van der Waals surface area contributed by atoms with Crippen LogP contribution in [0.3, 0.4) is 0 Å². The maximum Gasteiger partial charge on any atom is 0.271 e. The molecular weight excluding hydrogens is 280 g/mol. The third-order valence-electron chi connectivity index (χ3n) is 3.14. The Labute approximate surface area is 129 Å². The van der Waals surface area contributed by atoms with E-state index in [1.807, 2.05) is 31.2 Å². The summed E-state index contributed by atoms with van der Waals surface area (Å²) in [5.41, 5.74) is 4.60. The maximum atomic E-state index is 12.1. The van der Waals surface area contributed by atoms with Gasteiger partial charge in [0.2, 0.25) is 0 Å². The van der Waals surface area contributed by atoms with Crippen LogP contribution in [-0.4, -0.2) is 25.8 Å². The minimum absolute atomic E-state index is 0.291. The second-order valence-corrected chi connectivity index (χ2v) is 4.60. The average molecular weight is 298 g/mol. The fourth-order valence-electron chi connectivity index (χ4n) is 1.88. The first-order valence-corrected chi connectivity index (χ1v) is 6.77. The number of methoxy groups -OCH3 is 2. The fraction of sp³-hybridized carbons (Fsp3) is 0.176. The molecule has 0 radical (unpaired) electrons. The number of nitrogens with one attached hydrogen (secondary N) is 1. The van der Waals surface area contributed by atoms with Gasteiger partial charge in [-0.05, 0) is 37.3 Å². The highest BCUT2D eigenvalue weighted by atomic mass is 16.5. The van der Waals surface area contributed by atoms with Crippen LogP contribution in [0.1, 0.15) is 22.8 Å². The lowest BCUT2D eigenvalue weighted by Crippen LogP contribution is -2.19. The molecule has 0 saturated carbocycles. The molecule has 22 heavy (non-hydrogen) atoms. The number of rotatable bonds is 5. The molecule has 2 rings (SSSR count). The zero-order valence-corrected chi connectivity index (χ0v) is 12.8. The Morgan fingerprint density at radius 1 is 0.955 bits per heavy atom. The average Bonchev–Trinajstić information content (AvgIpc) is 2.59. The number of carbonyl (C=O) groups is 1. The zero-order chi connectivity index (χ0) is 15.9. The molecule has 0 bridgehead atoms. The van der Waals surface area contributed by atoms with Crippen molar-refractivity contribution in [1.82, 2.24) is 5.43 Å². The van der Waals surface area contributed by atoms with Gasteiger partial charge in [0.1, 0.15) is 11.5 Å². The van der Waals surface area contributed by atoms with Crippen molar-refractivity contribution >= 4 is 11.6 Å². The summed E-state index contributed by atoms with van der Waals surface area (Å²) >= 11 is 0. The Balaban J connectivity index is 2.10. The molecule has 0 aliphatic rings. The van der Waals surface area contributed by atoms with Gasteiger partial charge in [-0.2, -0.15) is 5.10 Å². The summed E-state index contributed by atoms with van der Waals surface area (Å²) in [6.45, 7) is 1.82. The van der Waals surface area contributed by atoms with E-state index in [0.29, 0.717) is 17.0 Å². The van der Waals surface area contributed by atoms with Crippen molar-refractivity contribution in [3.63, 3.8) is 0 Å². The molecule has 0 aliphatic heterocycles. The van der Waals surface area contributed by atoms with Gasteiger partial charge in [0.15, 0.2) is 0 Å². The van der Waals surface area contributed by atoms with Crippen LogP contribution in [0.15, 0.2) is 53.6 Å². The van der Waals surface area contributed by atoms with Crippen molar-refractivity contribution in [3.05, 3.63) is 59.7 Å². The number of nitrogens with zero attached hydrogens (tertiary/aromatic N) is 1. The van der Waals surface area contributed by atoms with Crippen LogP contribution in [0, 0.1) is 0 Å². The molecule has 2 aromatic carbocycles. The van der Waals surface area contributed by atoms with E-state index < -0.39 is 0 Å². The van der Waals surface area contributed by atoms with E-state index in [1.54, 1.807) is 38.5 Å². The van der Waals surface area contributed by atoms with Crippen LogP contribution in [-0.2, 0) is 0 Å². The van der Waals surface area contributed by atoms with Crippen LogP contribution in [0.4, 0.5) is 0 Å². The zero-order valence-electron chi connectivity index (χ0n) is 12.8. The lowest BCUT2D eigenvalue weighted by molar-refractivity contribution is 0.0954. The summed E-state index contributed by atoms with van der Waals surface area (Å²) in [6, 6.07) is 14.4. The van der Waals surface area contributed by atoms with E-state index in [-0.39, 0.29) is 5.91 Å². The van der Waals surface area contributed by atoms with Crippen LogP contribution in [0.5, 0.6) is 11.5 Å². The molecule has 1 N–H and O–H groups in total. The summed E-state index contributed by atoms with van der Waals surface area (Å²) in [4.78, 5) is 12.1. The third kappa shape index (κ3) is 3.85. The van der Waals surface area contributed by atoms with Crippen molar-refractivity contribution in [2.75, 3.05) is 14.2 Å². The third-order valence-corrected chi connectivity index (χ3v) is 3.14. The van der Waals surface area contributed by atoms with Gasteiger partial charge in [0.25, 0.3) is 5.91 Å². The van der Waals surface area contributed by atoms with E-state index in [4.69, 9.17) is 9.47 Å². The number of hydrogen-bond acceptors (Lipinski definition) is 4. The molecular formula is C17H18N2O3. The Bertz CT molecular complexity index is 696. The molecule has 1 amide bonds. The van der Waals surface area contributed by atoms with E-state index in [0.717, 1.165) is 11.3 Å². The Morgan fingerprint density at radius 3 is 2.09 bits per heavy atom. The van der Waals surface area contributed by atoms with Crippen LogP contribution < -0.4 is 14.9 Å². The van der Waals surface area contributed by atoms with Crippen LogP contribution in [0.2, 0.25) is 0 Å². The highest BCUT2D eigenvalue weighted by Crippen LogP contribution is 2.14. The number of hydrogen-bond donors (Lipinski definition) is 1. The molecule has 0 aromatic heterocycles. The number of carbonyl (C=O) groups excluding carboxylic acids is 1. The topological polar surface area (TPSA) is 59.9 Å². The van der Waals surface area contributed by atoms with E-state index in [2.05, 4.69) is 10.5 Å². The largest absolute Gasteiger partial charge is 0.497 e. The molecule has 0 unspecified atom stereocenters. The number of hydrazone groups is 1.